The van der Waals surface area contributed by atoms with Gasteiger partial charge in [0.2, 0.25) is 0 Å². The molecule has 0 radical (unpaired) electrons. The molecule has 0 spiro atoms. The van der Waals surface area contributed by atoms with Crippen molar-refractivity contribution in [3.63, 3.8) is 0 Å². The number of carboxylic acid groups (broad SMARTS) is 1. The molecule has 0 aliphatic carbocycles. The van der Waals surface area contributed by atoms with Crippen LogP contribution < -0.4 is 15.4 Å². The summed E-state index contributed by atoms with van der Waals surface area (Å²) in [5, 5.41) is 13.5. The summed E-state index contributed by atoms with van der Waals surface area (Å²) < 4.78 is 5.89. The monoisotopic (exact) mass is 432 g/mol. The Bertz CT molecular complexity index is 861. The number of hydrogen-bond acceptors (Lipinski definition) is 4. The fourth-order valence-corrected chi connectivity index (χ4v) is 2.34. The third-order valence-electron chi connectivity index (χ3n) is 3.43. The molecule has 7 nitrogen and oxygen atoms in total. The number of hydrogen-bond donors (Lipinski definition) is 3. The number of benzene rings is 2. The topological polar surface area (TPSA) is 105 Å². The molecule has 0 unspecified atom stereocenters. The van der Waals surface area contributed by atoms with E-state index < -0.39 is 24.3 Å². The normalized spacial score (nSPS) is 10.8. The summed E-state index contributed by atoms with van der Waals surface area (Å²) in [5.74, 6) is -1.75. The summed E-state index contributed by atoms with van der Waals surface area (Å²) in [7, 11) is 1.54. The number of nitrogens with one attached hydrogen (secondary N) is 2. The van der Waals surface area contributed by atoms with Crippen LogP contribution in [-0.4, -0.2) is 36.5 Å². The van der Waals surface area contributed by atoms with Crippen molar-refractivity contribution in [1.82, 2.24) is 10.6 Å². The van der Waals surface area contributed by atoms with Crippen molar-refractivity contribution in [2.24, 2.45) is 0 Å². The van der Waals surface area contributed by atoms with Crippen LogP contribution in [0.25, 0.3) is 6.08 Å². The first-order valence-electron chi connectivity index (χ1n) is 7.81. The SMILES string of the molecule is COc1ccc(/C=C(\NC(=O)c2ccc(Br)cc2)C(=O)NCC(=O)O)cc1. The van der Waals surface area contributed by atoms with Gasteiger partial charge in [-0.25, -0.2) is 0 Å². The summed E-state index contributed by atoms with van der Waals surface area (Å²) >= 11 is 3.29. The minimum atomic E-state index is -1.19. The highest BCUT2D eigenvalue weighted by Gasteiger charge is 2.15. The highest BCUT2D eigenvalue weighted by Crippen LogP contribution is 2.14. The van der Waals surface area contributed by atoms with Crippen molar-refractivity contribution in [2.75, 3.05) is 13.7 Å². The lowest BCUT2D eigenvalue weighted by Gasteiger charge is -2.10. The predicted molar refractivity (Wildman–Crippen MR) is 103 cm³/mol. The van der Waals surface area contributed by atoms with Crippen molar-refractivity contribution in [1.29, 1.82) is 0 Å². The number of methoxy groups -OCH3 is 1. The maximum atomic E-state index is 12.4. The number of carboxylic acids is 1. The fraction of sp³-hybridized carbons (Fsp3) is 0.105. The third kappa shape index (κ3) is 6.27. The van der Waals surface area contributed by atoms with Crippen molar-refractivity contribution in [3.05, 3.63) is 69.8 Å². The molecule has 8 heteroatoms. The molecule has 0 aliphatic rings. The van der Waals surface area contributed by atoms with Crippen molar-refractivity contribution < 1.29 is 24.2 Å². The van der Waals surface area contributed by atoms with Gasteiger partial charge in [0.25, 0.3) is 11.8 Å². The molecule has 0 heterocycles. The first-order valence-corrected chi connectivity index (χ1v) is 8.61. The largest absolute Gasteiger partial charge is 0.497 e. The zero-order valence-electron chi connectivity index (χ0n) is 14.4. The Morgan fingerprint density at radius 1 is 1.07 bits per heavy atom. The Kier molecular flexibility index (Phi) is 7.13. The van der Waals surface area contributed by atoms with E-state index in [1.165, 1.54) is 13.2 Å². The fourth-order valence-electron chi connectivity index (χ4n) is 2.07. The Labute approximate surface area is 164 Å². The zero-order chi connectivity index (χ0) is 19.8. The molecule has 2 aromatic carbocycles. The molecule has 2 rings (SSSR count). The van der Waals surface area contributed by atoms with E-state index in [2.05, 4.69) is 26.6 Å². The van der Waals surface area contributed by atoms with E-state index in [-0.39, 0.29) is 5.70 Å². The van der Waals surface area contributed by atoms with Crippen molar-refractivity contribution in [2.45, 2.75) is 0 Å². The summed E-state index contributed by atoms with van der Waals surface area (Å²) in [4.78, 5) is 35.4. The minimum absolute atomic E-state index is 0.0747. The van der Waals surface area contributed by atoms with E-state index in [0.29, 0.717) is 16.9 Å². The maximum Gasteiger partial charge on any atom is 0.322 e. The summed E-state index contributed by atoms with van der Waals surface area (Å²) in [6.45, 7) is -0.563. The number of amides is 2. The number of carbonyl (C=O) groups excluding carboxylic acids is 2. The molecule has 2 amide bonds. The minimum Gasteiger partial charge on any atom is -0.497 e. The average Bonchev–Trinajstić information content (AvgIpc) is 2.66. The van der Waals surface area contributed by atoms with Gasteiger partial charge in [-0.1, -0.05) is 28.1 Å². The van der Waals surface area contributed by atoms with Crippen LogP contribution in [0.5, 0.6) is 5.75 Å². The smallest absolute Gasteiger partial charge is 0.322 e. The second-order valence-electron chi connectivity index (χ2n) is 5.37. The highest BCUT2D eigenvalue weighted by molar-refractivity contribution is 9.10. The number of carbonyl (C=O) groups is 3. The molecule has 2 aromatic rings. The molecule has 0 aliphatic heterocycles. The van der Waals surface area contributed by atoms with Gasteiger partial charge in [0.05, 0.1) is 7.11 Å². The van der Waals surface area contributed by atoms with E-state index in [9.17, 15) is 14.4 Å². The number of halogens is 1. The summed E-state index contributed by atoms with van der Waals surface area (Å²) in [5.41, 5.74) is 0.909. The third-order valence-corrected chi connectivity index (χ3v) is 3.95. The van der Waals surface area contributed by atoms with Crippen LogP contribution in [0, 0.1) is 0 Å². The standard InChI is InChI=1S/C19H17BrN2O5/c1-27-15-8-2-12(3-9-15)10-16(19(26)21-11-17(23)24)22-18(25)13-4-6-14(20)7-5-13/h2-10H,11H2,1H3,(H,21,26)(H,22,25)(H,23,24)/b16-10-. The zero-order valence-corrected chi connectivity index (χ0v) is 15.9. The van der Waals surface area contributed by atoms with Crippen LogP contribution >= 0.6 is 15.9 Å². The average molecular weight is 433 g/mol. The predicted octanol–water partition coefficient (Wildman–Crippen LogP) is 2.43. The van der Waals surface area contributed by atoms with Crippen LogP contribution in [0.2, 0.25) is 0 Å². The van der Waals surface area contributed by atoms with Gasteiger partial charge in [0.1, 0.15) is 18.0 Å². The quantitative estimate of drug-likeness (QED) is 0.582. The van der Waals surface area contributed by atoms with Gasteiger partial charge in [-0.15, -0.1) is 0 Å². The maximum absolute atomic E-state index is 12.4. The van der Waals surface area contributed by atoms with Crippen LogP contribution in [0.4, 0.5) is 0 Å². The van der Waals surface area contributed by atoms with Crippen molar-refractivity contribution >= 4 is 39.8 Å². The second kappa shape index (κ2) is 9.54. The molecule has 0 saturated heterocycles. The van der Waals surface area contributed by atoms with E-state index in [1.807, 2.05) is 0 Å². The van der Waals surface area contributed by atoms with Crippen LogP contribution in [0.1, 0.15) is 15.9 Å². The molecule has 0 atom stereocenters. The van der Waals surface area contributed by atoms with E-state index >= 15 is 0 Å². The Hall–Kier alpha value is -3.13. The number of ether oxygens (including phenoxy) is 1. The van der Waals surface area contributed by atoms with Gasteiger partial charge < -0.3 is 20.5 Å². The lowest BCUT2D eigenvalue weighted by atomic mass is 10.1. The van der Waals surface area contributed by atoms with Crippen molar-refractivity contribution in [3.8, 4) is 5.75 Å². The molecule has 0 bridgehead atoms. The molecular weight excluding hydrogens is 416 g/mol. The summed E-state index contributed by atoms with van der Waals surface area (Å²) in [6, 6.07) is 13.4. The molecule has 0 fully saturated rings. The van der Waals surface area contributed by atoms with Gasteiger partial charge >= 0.3 is 5.97 Å². The molecule has 0 aromatic heterocycles. The molecule has 27 heavy (non-hydrogen) atoms. The lowest BCUT2D eigenvalue weighted by molar-refractivity contribution is -0.137. The van der Waals surface area contributed by atoms with Gasteiger partial charge in [-0.3, -0.25) is 14.4 Å². The van der Waals surface area contributed by atoms with E-state index in [4.69, 9.17) is 9.84 Å². The van der Waals surface area contributed by atoms with Crippen LogP contribution in [-0.2, 0) is 9.59 Å². The number of aliphatic carboxylic acids is 1. The Morgan fingerprint density at radius 2 is 1.70 bits per heavy atom. The highest BCUT2D eigenvalue weighted by atomic mass is 79.9. The van der Waals surface area contributed by atoms with Crippen LogP contribution in [0.15, 0.2) is 58.7 Å². The van der Waals surface area contributed by atoms with E-state index in [0.717, 1.165) is 4.47 Å². The lowest BCUT2D eigenvalue weighted by Crippen LogP contribution is -2.37. The summed E-state index contributed by atoms with van der Waals surface area (Å²) in [6.07, 6.45) is 1.45. The van der Waals surface area contributed by atoms with Gasteiger partial charge in [0.15, 0.2) is 0 Å². The first kappa shape index (κ1) is 20.2. The number of rotatable bonds is 7. The first-order chi connectivity index (χ1) is 12.9. The molecule has 0 saturated carbocycles. The molecule has 140 valence electrons. The van der Waals surface area contributed by atoms with Gasteiger partial charge in [-0.2, -0.15) is 0 Å². The van der Waals surface area contributed by atoms with Crippen LogP contribution in [0.3, 0.4) is 0 Å². The molecular formula is C19H17BrN2O5. The van der Waals surface area contributed by atoms with Gasteiger partial charge in [0, 0.05) is 10.0 Å². The Morgan fingerprint density at radius 3 is 2.26 bits per heavy atom. The Balaban J connectivity index is 2.26. The van der Waals surface area contributed by atoms with Gasteiger partial charge in [-0.05, 0) is 48.0 Å². The molecule has 3 N–H and O–H groups in total. The van der Waals surface area contributed by atoms with E-state index in [1.54, 1.807) is 48.5 Å². The second-order valence-corrected chi connectivity index (χ2v) is 6.28.